The number of alkyl carbamates (subject to hydrolysis) is 1. The Morgan fingerprint density at radius 2 is 1.80 bits per heavy atom. The summed E-state index contributed by atoms with van der Waals surface area (Å²) in [6.07, 6.45) is -0.286. The van der Waals surface area contributed by atoms with Gasteiger partial charge in [0.25, 0.3) is 0 Å². The summed E-state index contributed by atoms with van der Waals surface area (Å²) in [6, 6.07) is 13.2. The predicted molar refractivity (Wildman–Crippen MR) is 192 cm³/mol. The lowest BCUT2D eigenvalue weighted by Crippen LogP contribution is -2.51. The van der Waals surface area contributed by atoms with E-state index >= 15 is 0 Å². The molecule has 4 N–H and O–H groups in total. The standard InChI is InChI=1S/C37H52N4O8S/c1-22(2)19-41(50(45,46)26-12-13-30-28(17-26)29(35(43)39-30)18-38-34(23(3)4)24(5)6)20-32(42)31(16-25-10-8-7-9-11-25)40-37(44)49-33-21-48-36-27(33)14-15-47-36/h7-13,17-18,22-24,27,31-34,36,39,42-43H,14-16,19-21H2,1-6H3,(H,40,44). The SMILES string of the molecule is CC(C)CN(CC(O)C(Cc1ccccc1)NC(=O)OC1COC2OCCC12)S(=O)(=O)c1ccc2[nH]c(O)c(C=NC(C(C)C)C(C)C)c2c1. The van der Waals surface area contributed by atoms with Crippen molar-refractivity contribution in [1.82, 2.24) is 14.6 Å². The molecule has 5 atom stereocenters. The average molecular weight is 713 g/mol. The van der Waals surface area contributed by atoms with Crippen LogP contribution in [0.2, 0.25) is 0 Å². The Bertz CT molecular complexity index is 1720. The highest BCUT2D eigenvalue weighted by Crippen LogP contribution is 2.33. The van der Waals surface area contributed by atoms with Crippen molar-refractivity contribution in [3.05, 3.63) is 59.7 Å². The van der Waals surface area contributed by atoms with Crippen LogP contribution >= 0.6 is 0 Å². The first-order valence-corrected chi connectivity index (χ1v) is 19.0. The summed E-state index contributed by atoms with van der Waals surface area (Å²) in [7, 11) is -4.15. The molecule has 3 heterocycles. The zero-order valence-corrected chi connectivity index (χ0v) is 30.6. The Labute approximate surface area is 295 Å². The van der Waals surface area contributed by atoms with Gasteiger partial charge in [0, 0.05) is 30.2 Å². The van der Waals surface area contributed by atoms with E-state index < -0.39 is 34.4 Å². The van der Waals surface area contributed by atoms with Crippen LogP contribution < -0.4 is 5.32 Å². The van der Waals surface area contributed by atoms with E-state index in [0.29, 0.717) is 23.1 Å². The number of carbonyl (C=O) groups excluding carboxylic acids is 1. The first-order valence-electron chi connectivity index (χ1n) is 17.5. The Kier molecular flexibility index (Phi) is 12.3. The Morgan fingerprint density at radius 1 is 1.08 bits per heavy atom. The summed E-state index contributed by atoms with van der Waals surface area (Å²) in [6.45, 7) is 12.8. The highest BCUT2D eigenvalue weighted by molar-refractivity contribution is 7.89. The zero-order valence-electron chi connectivity index (χ0n) is 29.8. The van der Waals surface area contributed by atoms with Gasteiger partial charge in [0.15, 0.2) is 12.2 Å². The molecule has 2 aromatic carbocycles. The van der Waals surface area contributed by atoms with Crippen LogP contribution in [-0.4, -0.2) is 97.1 Å². The third-order valence-corrected chi connectivity index (χ3v) is 11.3. The van der Waals surface area contributed by atoms with Crippen LogP contribution in [-0.2, 0) is 30.7 Å². The number of hydrogen-bond acceptors (Lipinski definition) is 9. The van der Waals surface area contributed by atoms with Gasteiger partial charge in [0.2, 0.25) is 10.0 Å². The lowest BCUT2D eigenvalue weighted by atomic mass is 9.94. The number of sulfonamides is 1. The van der Waals surface area contributed by atoms with E-state index in [-0.39, 0.29) is 72.9 Å². The van der Waals surface area contributed by atoms with Gasteiger partial charge < -0.3 is 34.7 Å². The smallest absolute Gasteiger partial charge is 0.407 e. The largest absolute Gasteiger partial charge is 0.494 e. The van der Waals surface area contributed by atoms with Crippen molar-refractivity contribution in [2.24, 2.45) is 28.7 Å². The zero-order chi connectivity index (χ0) is 36.2. The minimum atomic E-state index is -4.15. The van der Waals surface area contributed by atoms with Gasteiger partial charge in [-0.05, 0) is 54.4 Å². The maximum Gasteiger partial charge on any atom is 0.407 e. The van der Waals surface area contributed by atoms with Crippen molar-refractivity contribution in [2.45, 2.75) is 89.9 Å². The second-order valence-electron chi connectivity index (χ2n) is 14.5. The van der Waals surface area contributed by atoms with Crippen molar-refractivity contribution in [1.29, 1.82) is 0 Å². The number of H-pyrrole nitrogens is 1. The normalized spacial score (nSPS) is 20.9. The Morgan fingerprint density at radius 3 is 2.48 bits per heavy atom. The Hall–Kier alpha value is -3.49. The van der Waals surface area contributed by atoms with Crippen LogP contribution in [0.25, 0.3) is 10.9 Å². The number of aliphatic imine (C=N–C) groups is 1. The summed E-state index contributed by atoms with van der Waals surface area (Å²) in [4.78, 5) is 20.9. The first kappa shape index (κ1) is 37.8. The van der Waals surface area contributed by atoms with Crippen LogP contribution in [0.5, 0.6) is 5.88 Å². The number of aromatic nitrogens is 1. The van der Waals surface area contributed by atoms with Crippen LogP contribution in [0.15, 0.2) is 58.4 Å². The summed E-state index contributed by atoms with van der Waals surface area (Å²) >= 11 is 0. The fraction of sp³-hybridized carbons (Fsp3) is 0.568. The molecule has 1 amide bonds. The molecule has 2 fully saturated rings. The topological polar surface area (TPSA) is 163 Å². The molecule has 3 aromatic rings. The number of ether oxygens (including phenoxy) is 3. The molecule has 0 spiro atoms. The molecular formula is C37H52N4O8S. The number of aliphatic hydroxyl groups excluding tert-OH is 1. The maximum absolute atomic E-state index is 14.3. The number of aliphatic hydroxyl groups is 1. The molecule has 0 bridgehead atoms. The number of fused-ring (bicyclic) bond motifs is 2. The van der Waals surface area contributed by atoms with E-state index in [1.54, 1.807) is 12.3 Å². The van der Waals surface area contributed by atoms with Crippen molar-refractivity contribution in [3.63, 3.8) is 0 Å². The van der Waals surface area contributed by atoms with Crippen LogP contribution in [0, 0.1) is 23.7 Å². The van der Waals surface area contributed by atoms with Crippen molar-refractivity contribution in [3.8, 4) is 5.88 Å². The minimum absolute atomic E-state index is 0.0114. The van der Waals surface area contributed by atoms with E-state index in [1.807, 2.05) is 44.2 Å². The number of nitrogens with zero attached hydrogens (tertiary/aromatic N) is 2. The van der Waals surface area contributed by atoms with E-state index in [2.05, 4.69) is 38.0 Å². The fourth-order valence-electron chi connectivity index (χ4n) is 6.93. The number of aromatic hydroxyl groups is 1. The number of rotatable bonds is 15. The van der Waals surface area contributed by atoms with Gasteiger partial charge in [-0.25, -0.2) is 13.2 Å². The van der Waals surface area contributed by atoms with Gasteiger partial charge >= 0.3 is 6.09 Å². The molecule has 1 aromatic heterocycles. The van der Waals surface area contributed by atoms with Gasteiger partial charge in [-0.3, -0.25) is 4.99 Å². The molecule has 13 heteroatoms. The molecule has 274 valence electrons. The minimum Gasteiger partial charge on any atom is -0.494 e. The molecular weight excluding hydrogens is 660 g/mol. The average Bonchev–Trinajstić information content (AvgIpc) is 3.76. The highest BCUT2D eigenvalue weighted by Gasteiger charge is 2.44. The maximum atomic E-state index is 14.3. The third kappa shape index (κ3) is 8.86. The van der Waals surface area contributed by atoms with Crippen LogP contribution in [0.4, 0.5) is 4.79 Å². The van der Waals surface area contributed by atoms with Crippen molar-refractivity contribution < 1.29 is 37.6 Å². The van der Waals surface area contributed by atoms with E-state index in [4.69, 9.17) is 19.2 Å². The summed E-state index contributed by atoms with van der Waals surface area (Å²) in [5, 5.41) is 25.8. The second-order valence-corrected chi connectivity index (χ2v) is 16.5. The quantitative estimate of drug-likeness (QED) is 0.159. The van der Waals surface area contributed by atoms with Crippen LogP contribution in [0.1, 0.15) is 59.1 Å². The molecule has 0 radical (unpaired) electrons. The summed E-state index contributed by atoms with van der Waals surface area (Å²) in [5.41, 5.74) is 1.83. The van der Waals surface area contributed by atoms with E-state index in [0.717, 1.165) is 12.0 Å². The van der Waals surface area contributed by atoms with Gasteiger partial charge in [0.05, 0.1) is 47.8 Å². The third-order valence-electron chi connectivity index (χ3n) is 9.44. The summed E-state index contributed by atoms with van der Waals surface area (Å²) in [5.74, 6) is 0.332. The second kappa shape index (κ2) is 16.2. The lowest BCUT2D eigenvalue weighted by Gasteiger charge is -2.31. The number of nitrogens with one attached hydrogen (secondary N) is 2. The lowest BCUT2D eigenvalue weighted by molar-refractivity contribution is -0.0907. The van der Waals surface area contributed by atoms with Crippen LogP contribution in [0.3, 0.4) is 0 Å². The molecule has 50 heavy (non-hydrogen) atoms. The summed E-state index contributed by atoms with van der Waals surface area (Å²) < 4.78 is 46.8. The number of amides is 1. The molecule has 2 aliphatic heterocycles. The van der Waals surface area contributed by atoms with Gasteiger partial charge in [-0.2, -0.15) is 4.31 Å². The number of hydrogen-bond donors (Lipinski definition) is 4. The molecule has 2 aliphatic rings. The fourth-order valence-corrected chi connectivity index (χ4v) is 8.58. The van der Waals surface area contributed by atoms with Gasteiger partial charge in [-0.15, -0.1) is 0 Å². The van der Waals surface area contributed by atoms with E-state index in [1.165, 1.54) is 16.4 Å². The molecule has 0 saturated carbocycles. The van der Waals surface area contributed by atoms with Gasteiger partial charge in [0.1, 0.15) is 6.10 Å². The first-order chi connectivity index (χ1) is 23.7. The van der Waals surface area contributed by atoms with Gasteiger partial charge in [-0.1, -0.05) is 71.9 Å². The molecule has 0 aliphatic carbocycles. The van der Waals surface area contributed by atoms with Crippen molar-refractivity contribution >= 4 is 33.2 Å². The number of benzene rings is 2. The monoisotopic (exact) mass is 712 g/mol. The van der Waals surface area contributed by atoms with Crippen molar-refractivity contribution in [2.75, 3.05) is 26.3 Å². The highest BCUT2D eigenvalue weighted by atomic mass is 32.2. The number of carbonyl (C=O) groups is 1. The van der Waals surface area contributed by atoms with E-state index in [9.17, 15) is 23.4 Å². The molecule has 12 nitrogen and oxygen atoms in total. The Balaban J connectivity index is 1.40. The predicted octanol–water partition coefficient (Wildman–Crippen LogP) is 5.08. The number of aromatic amines is 1. The molecule has 2 saturated heterocycles. The molecule has 5 unspecified atom stereocenters. The molecule has 5 rings (SSSR count).